The maximum atomic E-state index is 13.5. The number of alkyl carbamates (subject to hydrolysis) is 1. The van der Waals surface area contributed by atoms with Crippen molar-refractivity contribution in [2.24, 2.45) is 0 Å². The number of aromatic nitrogens is 2. The molecule has 1 N–H and O–H groups in total. The van der Waals surface area contributed by atoms with Gasteiger partial charge < -0.3 is 29.0 Å². The van der Waals surface area contributed by atoms with Gasteiger partial charge in [-0.3, -0.25) is 4.90 Å². The summed E-state index contributed by atoms with van der Waals surface area (Å²) < 4.78 is 23.4. The number of piperazine rings is 1. The lowest BCUT2D eigenvalue weighted by Crippen LogP contribution is -2.58. The minimum absolute atomic E-state index is 0.222. The summed E-state index contributed by atoms with van der Waals surface area (Å²) in [5.74, 6) is 0.291. The van der Waals surface area contributed by atoms with E-state index in [1.165, 1.54) is 0 Å². The van der Waals surface area contributed by atoms with Crippen molar-refractivity contribution in [3.8, 4) is 0 Å². The normalized spacial score (nSPS) is 20.4. The molecule has 0 aromatic carbocycles. The van der Waals surface area contributed by atoms with Crippen molar-refractivity contribution in [1.82, 2.24) is 20.2 Å². The Bertz CT molecular complexity index is 981. The Labute approximate surface area is 246 Å². The van der Waals surface area contributed by atoms with Crippen LogP contribution < -0.4 is 10.2 Å². The summed E-state index contributed by atoms with van der Waals surface area (Å²) in [5, 5.41) is 2.95. The Kier molecular flexibility index (Phi) is 11.0. The molecule has 1 aromatic rings. The van der Waals surface area contributed by atoms with E-state index in [0.29, 0.717) is 32.1 Å². The van der Waals surface area contributed by atoms with Crippen molar-refractivity contribution in [3.63, 3.8) is 0 Å². The molecular weight excluding hydrogens is 525 g/mol. The van der Waals surface area contributed by atoms with Gasteiger partial charge >= 0.3 is 19.2 Å². The van der Waals surface area contributed by atoms with E-state index in [4.69, 9.17) is 18.8 Å². The molecule has 11 nitrogen and oxygen atoms in total. The second-order valence-corrected chi connectivity index (χ2v) is 13.0. The maximum absolute atomic E-state index is 13.5. The van der Waals surface area contributed by atoms with E-state index in [0.717, 1.165) is 38.5 Å². The Balaban J connectivity index is 1.66. The zero-order valence-electron chi connectivity index (χ0n) is 26.3. The molecule has 2 saturated heterocycles. The Morgan fingerprint density at radius 1 is 1.00 bits per heavy atom. The van der Waals surface area contributed by atoms with Gasteiger partial charge in [0.15, 0.2) is 0 Å². The zero-order chi connectivity index (χ0) is 30.3. The van der Waals surface area contributed by atoms with Gasteiger partial charge in [0.2, 0.25) is 5.95 Å². The van der Waals surface area contributed by atoms with Crippen molar-refractivity contribution in [1.29, 1.82) is 0 Å². The number of rotatable bonds is 12. The number of hydrogen-bond donors (Lipinski definition) is 1. The average molecular weight is 576 g/mol. The number of carbonyl (C=O) groups excluding carboxylic acids is 2. The number of esters is 1. The Morgan fingerprint density at radius 2 is 1.61 bits per heavy atom. The zero-order valence-corrected chi connectivity index (χ0v) is 26.3. The van der Waals surface area contributed by atoms with E-state index in [1.807, 2.05) is 33.8 Å². The third-order valence-corrected chi connectivity index (χ3v) is 8.06. The molecule has 1 amide bonds. The van der Waals surface area contributed by atoms with Gasteiger partial charge in [0.25, 0.3) is 0 Å². The van der Waals surface area contributed by atoms with E-state index in [2.05, 4.69) is 25.1 Å². The fourth-order valence-corrected chi connectivity index (χ4v) is 5.07. The first-order chi connectivity index (χ1) is 19.2. The third kappa shape index (κ3) is 9.28. The molecule has 0 bridgehead atoms. The molecule has 0 unspecified atom stereocenters. The predicted molar refractivity (Wildman–Crippen MR) is 159 cm³/mol. The van der Waals surface area contributed by atoms with E-state index < -0.39 is 23.2 Å². The van der Waals surface area contributed by atoms with Gasteiger partial charge in [-0.15, -0.1) is 0 Å². The minimum Gasteiger partial charge on any atom is -0.464 e. The highest BCUT2D eigenvalue weighted by Crippen LogP contribution is 2.38. The van der Waals surface area contributed by atoms with Crippen molar-refractivity contribution in [2.75, 3.05) is 44.2 Å². The van der Waals surface area contributed by atoms with E-state index >= 15 is 0 Å². The summed E-state index contributed by atoms with van der Waals surface area (Å²) in [6, 6.07) is 1.81. The van der Waals surface area contributed by atoms with Gasteiger partial charge in [-0.25, -0.2) is 19.6 Å². The third-order valence-electron chi connectivity index (χ3n) is 8.06. The molecule has 0 spiro atoms. The first-order valence-corrected chi connectivity index (χ1v) is 14.9. The second-order valence-electron chi connectivity index (χ2n) is 13.0. The van der Waals surface area contributed by atoms with Crippen molar-refractivity contribution in [3.05, 3.63) is 18.5 Å². The van der Waals surface area contributed by atoms with E-state index in [9.17, 15) is 9.59 Å². The van der Waals surface area contributed by atoms with Gasteiger partial charge in [0.1, 0.15) is 11.1 Å². The largest absolute Gasteiger partial charge is 0.464 e. The molecule has 3 heterocycles. The predicted octanol–water partition coefficient (Wildman–Crippen LogP) is 4.08. The SMILES string of the molecule is CCOC(=O)[C@@](CCCCB1OC(C)(C)C(C)(C)O1)(CCN1CCN(c2ncccn2)CC1)NC(=O)OC(C)(C)C. The Hall–Kier alpha value is -2.44. The molecule has 2 aliphatic rings. The molecule has 0 radical (unpaired) electrons. The number of ether oxygens (including phenoxy) is 2. The van der Waals surface area contributed by atoms with Crippen LogP contribution in [0.3, 0.4) is 0 Å². The minimum atomic E-state index is -1.21. The van der Waals surface area contributed by atoms with Crippen molar-refractivity contribution in [2.45, 2.75) is 110 Å². The highest BCUT2D eigenvalue weighted by molar-refractivity contribution is 6.45. The topological polar surface area (TPSA) is 115 Å². The first-order valence-electron chi connectivity index (χ1n) is 14.9. The summed E-state index contributed by atoms with van der Waals surface area (Å²) >= 11 is 0. The summed E-state index contributed by atoms with van der Waals surface area (Å²) in [6.45, 7) is 19.3. The molecule has 2 aliphatic heterocycles. The molecule has 0 aliphatic carbocycles. The Morgan fingerprint density at radius 3 is 2.17 bits per heavy atom. The molecular formula is C29H50BN5O6. The van der Waals surface area contributed by atoms with Crippen LogP contribution in [-0.4, -0.2) is 95.7 Å². The summed E-state index contributed by atoms with van der Waals surface area (Å²) in [5.41, 5.74) is -2.69. The van der Waals surface area contributed by atoms with Crippen LogP contribution in [0.25, 0.3) is 0 Å². The van der Waals surface area contributed by atoms with E-state index in [1.54, 1.807) is 40.1 Å². The lowest BCUT2D eigenvalue weighted by Gasteiger charge is -2.38. The van der Waals surface area contributed by atoms with Crippen LogP contribution in [0, 0.1) is 0 Å². The fourth-order valence-electron chi connectivity index (χ4n) is 5.07. The molecule has 230 valence electrons. The van der Waals surface area contributed by atoms with Gasteiger partial charge in [-0.1, -0.05) is 12.8 Å². The smallest absolute Gasteiger partial charge is 0.457 e. The molecule has 2 fully saturated rings. The maximum Gasteiger partial charge on any atom is 0.457 e. The number of unbranched alkanes of at least 4 members (excludes halogenated alkanes) is 1. The van der Waals surface area contributed by atoms with Crippen LogP contribution in [0.4, 0.5) is 10.7 Å². The molecule has 12 heteroatoms. The summed E-state index contributed by atoms with van der Waals surface area (Å²) in [7, 11) is -0.305. The summed E-state index contributed by atoms with van der Waals surface area (Å²) in [4.78, 5) is 39.7. The number of amides is 1. The van der Waals surface area contributed by atoms with Crippen molar-refractivity contribution < 1.29 is 28.4 Å². The first kappa shape index (κ1) is 33.1. The lowest BCUT2D eigenvalue weighted by molar-refractivity contribution is -0.152. The van der Waals surface area contributed by atoms with Gasteiger partial charge in [-0.05, 0) is 80.6 Å². The molecule has 0 saturated carbocycles. The number of nitrogens with one attached hydrogen (secondary N) is 1. The summed E-state index contributed by atoms with van der Waals surface area (Å²) in [6.07, 6.45) is 5.84. The van der Waals surface area contributed by atoms with Crippen LogP contribution in [0.1, 0.15) is 81.1 Å². The number of hydrogen-bond acceptors (Lipinski definition) is 10. The molecule has 1 atom stereocenters. The number of carbonyl (C=O) groups is 2. The monoisotopic (exact) mass is 575 g/mol. The second kappa shape index (κ2) is 13.7. The molecule has 3 rings (SSSR count). The number of anilines is 1. The molecule has 1 aromatic heterocycles. The standard InChI is InChI=1S/C29H50BN5O6/c1-9-38-23(36)29(33-25(37)39-26(2,3)4,13-10-11-15-30-40-27(5,6)28(7,8)41-30)14-18-34-19-21-35(22-20-34)24-31-16-12-17-32-24/h12,16-17H,9-11,13-15,18-22H2,1-8H3,(H,33,37)/t29-/m1/s1. The molecule has 41 heavy (non-hydrogen) atoms. The van der Waals surface area contributed by atoms with Crippen LogP contribution >= 0.6 is 0 Å². The number of nitrogens with zero attached hydrogens (tertiary/aromatic N) is 4. The van der Waals surface area contributed by atoms with Gasteiger partial charge in [0, 0.05) is 45.1 Å². The van der Waals surface area contributed by atoms with Crippen LogP contribution in [-0.2, 0) is 23.6 Å². The fraction of sp³-hybridized carbons (Fsp3) is 0.793. The lowest BCUT2D eigenvalue weighted by atomic mass is 9.80. The van der Waals surface area contributed by atoms with Gasteiger partial charge in [-0.2, -0.15) is 0 Å². The highest BCUT2D eigenvalue weighted by atomic mass is 16.7. The van der Waals surface area contributed by atoms with Crippen LogP contribution in [0.15, 0.2) is 18.5 Å². The highest BCUT2D eigenvalue weighted by Gasteiger charge is 2.50. The van der Waals surface area contributed by atoms with E-state index in [-0.39, 0.29) is 24.9 Å². The average Bonchev–Trinajstić information content (AvgIpc) is 3.10. The van der Waals surface area contributed by atoms with Gasteiger partial charge in [0.05, 0.1) is 17.8 Å². The van der Waals surface area contributed by atoms with Crippen LogP contribution in [0.5, 0.6) is 0 Å². The van der Waals surface area contributed by atoms with Crippen molar-refractivity contribution >= 4 is 25.1 Å². The van der Waals surface area contributed by atoms with Crippen LogP contribution in [0.2, 0.25) is 6.32 Å². The quantitative estimate of drug-likeness (QED) is 0.222.